The lowest BCUT2D eigenvalue weighted by Crippen LogP contribution is -2.48. The summed E-state index contributed by atoms with van der Waals surface area (Å²) in [6, 6.07) is 4.99. The predicted molar refractivity (Wildman–Crippen MR) is 66.0 cm³/mol. The van der Waals surface area contributed by atoms with E-state index in [-0.39, 0.29) is 11.5 Å². The first-order chi connectivity index (χ1) is 8.65. The number of hydrogen-bond acceptors (Lipinski definition) is 3. The van der Waals surface area contributed by atoms with E-state index in [1.165, 1.54) is 18.3 Å². The highest BCUT2D eigenvalue weighted by Gasteiger charge is 2.33. The Bertz CT molecular complexity index is 536. The Hall–Kier alpha value is -2.09. The summed E-state index contributed by atoms with van der Waals surface area (Å²) in [6.45, 7) is 0. The van der Waals surface area contributed by atoms with Crippen LogP contribution in [0.25, 0.3) is 0 Å². The normalized spacial score (nSPS) is 17.7. The molecule has 0 unspecified atom stereocenters. The van der Waals surface area contributed by atoms with Gasteiger partial charge in [0.25, 0.3) is 5.91 Å². The van der Waals surface area contributed by atoms with E-state index < -0.39 is 5.54 Å². The Morgan fingerprint density at radius 1 is 1.39 bits per heavy atom. The lowest BCUT2D eigenvalue weighted by molar-refractivity contribution is 0.0902. The van der Waals surface area contributed by atoms with Crippen LogP contribution in [0.1, 0.15) is 42.5 Å². The van der Waals surface area contributed by atoms with Crippen LogP contribution in [-0.2, 0) is 0 Å². The number of carbonyl (C=O) groups excluding carboxylic acids is 1. The van der Waals surface area contributed by atoms with Gasteiger partial charge in [0.05, 0.1) is 6.07 Å². The van der Waals surface area contributed by atoms with E-state index in [1.54, 1.807) is 0 Å². The number of H-pyrrole nitrogens is 1. The summed E-state index contributed by atoms with van der Waals surface area (Å²) < 4.78 is 0. The molecule has 0 saturated heterocycles. The maximum atomic E-state index is 12.0. The second-order valence-corrected chi connectivity index (χ2v) is 4.65. The van der Waals surface area contributed by atoms with Crippen molar-refractivity contribution in [1.82, 2.24) is 10.3 Å². The number of pyridine rings is 1. The summed E-state index contributed by atoms with van der Waals surface area (Å²) in [7, 11) is 0. The molecule has 0 atom stereocenters. The standard InChI is InChI=1S/C13H15N3O2/c14-9-13(5-2-1-3-6-13)16-12(18)10-4-7-15-11(17)8-10/h4,7-8H,1-3,5-6H2,(H,15,17)(H,16,18). The van der Waals surface area contributed by atoms with Crippen LogP contribution in [0.4, 0.5) is 0 Å². The summed E-state index contributed by atoms with van der Waals surface area (Å²) in [4.78, 5) is 25.6. The van der Waals surface area contributed by atoms with Crippen LogP contribution in [0.2, 0.25) is 0 Å². The second kappa shape index (κ2) is 5.05. The Morgan fingerprint density at radius 2 is 2.11 bits per heavy atom. The number of aromatic nitrogens is 1. The van der Waals surface area contributed by atoms with Crippen molar-refractivity contribution in [2.45, 2.75) is 37.6 Å². The molecule has 0 bridgehead atoms. The van der Waals surface area contributed by atoms with Crippen molar-refractivity contribution >= 4 is 5.91 Å². The van der Waals surface area contributed by atoms with Crippen molar-refractivity contribution in [3.05, 3.63) is 34.2 Å². The van der Waals surface area contributed by atoms with Crippen LogP contribution < -0.4 is 10.9 Å². The van der Waals surface area contributed by atoms with Gasteiger partial charge in [-0.1, -0.05) is 19.3 Å². The van der Waals surface area contributed by atoms with Gasteiger partial charge >= 0.3 is 0 Å². The fourth-order valence-electron chi connectivity index (χ4n) is 2.30. The van der Waals surface area contributed by atoms with E-state index in [0.29, 0.717) is 18.4 Å². The molecule has 5 nitrogen and oxygen atoms in total. The van der Waals surface area contributed by atoms with Crippen molar-refractivity contribution in [2.24, 2.45) is 0 Å². The third kappa shape index (κ3) is 2.59. The van der Waals surface area contributed by atoms with E-state index in [4.69, 9.17) is 0 Å². The summed E-state index contributed by atoms with van der Waals surface area (Å²) in [5.41, 5.74) is -0.797. The number of hydrogen-bond donors (Lipinski definition) is 2. The molecule has 5 heteroatoms. The van der Waals surface area contributed by atoms with Crippen LogP contribution in [0.15, 0.2) is 23.1 Å². The zero-order valence-electron chi connectivity index (χ0n) is 10.0. The van der Waals surface area contributed by atoms with Crippen molar-refractivity contribution in [3.63, 3.8) is 0 Å². The van der Waals surface area contributed by atoms with Gasteiger partial charge in [-0.25, -0.2) is 0 Å². The van der Waals surface area contributed by atoms with Gasteiger partial charge in [-0.3, -0.25) is 9.59 Å². The molecule has 2 N–H and O–H groups in total. The maximum absolute atomic E-state index is 12.0. The van der Waals surface area contributed by atoms with Gasteiger partial charge in [-0.05, 0) is 18.9 Å². The number of nitrogens with one attached hydrogen (secondary N) is 2. The quantitative estimate of drug-likeness (QED) is 0.824. The maximum Gasteiger partial charge on any atom is 0.252 e. The first kappa shape index (κ1) is 12.4. The van der Waals surface area contributed by atoms with Crippen LogP contribution >= 0.6 is 0 Å². The van der Waals surface area contributed by atoms with Crippen LogP contribution in [0, 0.1) is 11.3 Å². The Labute approximate surface area is 105 Å². The number of carbonyl (C=O) groups is 1. The lowest BCUT2D eigenvalue weighted by Gasteiger charge is -2.31. The molecule has 0 aromatic carbocycles. The highest BCUT2D eigenvalue weighted by atomic mass is 16.2. The van der Waals surface area contributed by atoms with Gasteiger partial charge in [0.15, 0.2) is 0 Å². The van der Waals surface area contributed by atoms with Crippen molar-refractivity contribution < 1.29 is 4.79 Å². The first-order valence-corrected chi connectivity index (χ1v) is 6.08. The zero-order valence-corrected chi connectivity index (χ0v) is 10.0. The molecule has 1 aromatic rings. The highest BCUT2D eigenvalue weighted by molar-refractivity contribution is 5.94. The van der Waals surface area contributed by atoms with Crippen molar-refractivity contribution in [1.29, 1.82) is 5.26 Å². The molecule has 94 valence electrons. The molecule has 1 aromatic heterocycles. The molecule has 18 heavy (non-hydrogen) atoms. The highest BCUT2D eigenvalue weighted by Crippen LogP contribution is 2.27. The first-order valence-electron chi connectivity index (χ1n) is 6.08. The van der Waals surface area contributed by atoms with Gasteiger partial charge in [0.2, 0.25) is 5.56 Å². The molecular weight excluding hydrogens is 230 g/mol. The topological polar surface area (TPSA) is 85.8 Å². The minimum absolute atomic E-state index is 0.291. The van der Waals surface area contributed by atoms with E-state index in [1.807, 2.05) is 0 Å². The third-order valence-electron chi connectivity index (χ3n) is 3.31. The molecule has 2 rings (SSSR count). The lowest BCUT2D eigenvalue weighted by atomic mass is 9.82. The van der Waals surface area contributed by atoms with Gasteiger partial charge in [0.1, 0.15) is 5.54 Å². The van der Waals surface area contributed by atoms with E-state index in [9.17, 15) is 14.9 Å². The van der Waals surface area contributed by atoms with E-state index >= 15 is 0 Å². The Morgan fingerprint density at radius 3 is 2.72 bits per heavy atom. The smallest absolute Gasteiger partial charge is 0.252 e. The van der Waals surface area contributed by atoms with E-state index in [2.05, 4.69) is 16.4 Å². The van der Waals surface area contributed by atoms with Gasteiger partial charge in [-0.2, -0.15) is 5.26 Å². The molecule has 1 saturated carbocycles. The molecule has 1 aliphatic rings. The van der Waals surface area contributed by atoms with Gasteiger partial charge in [0, 0.05) is 17.8 Å². The second-order valence-electron chi connectivity index (χ2n) is 4.65. The molecule has 1 amide bonds. The summed E-state index contributed by atoms with van der Waals surface area (Å²) in [5.74, 6) is -0.357. The van der Waals surface area contributed by atoms with Crippen LogP contribution in [0.3, 0.4) is 0 Å². The minimum Gasteiger partial charge on any atom is -0.334 e. The molecule has 1 aliphatic carbocycles. The fourth-order valence-corrected chi connectivity index (χ4v) is 2.30. The monoisotopic (exact) mass is 245 g/mol. The average molecular weight is 245 g/mol. The minimum atomic E-state index is -0.766. The number of rotatable bonds is 2. The predicted octanol–water partition coefficient (Wildman–Crippen LogP) is 1.33. The molecule has 0 radical (unpaired) electrons. The molecule has 0 aliphatic heterocycles. The SMILES string of the molecule is N#CC1(NC(=O)c2cc[nH]c(=O)c2)CCCCC1. The molecule has 1 heterocycles. The summed E-state index contributed by atoms with van der Waals surface area (Å²) in [5, 5.41) is 12.0. The zero-order chi connectivity index (χ0) is 13.0. The van der Waals surface area contributed by atoms with Gasteiger partial charge < -0.3 is 10.3 Å². The number of amides is 1. The van der Waals surface area contributed by atoms with Crippen molar-refractivity contribution in [3.8, 4) is 6.07 Å². The third-order valence-corrected chi connectivity index (χ3v) is 3.31. The van der Waals surface area contributed by atoms with Crippen LogP contribution in [-0.4, -0.2) is 16.4 Å². The van der Waals surface area contributed by atoms with E-state index in [0.717, 1.165) is 19.3 Å². The number of aromatic amines is 1. The van der Waals surface area contributed by atoms with Crippen LogP contribution in [0.5, 0.6) is 0 Å². The fraction of sp³-hybridized carbons (Fsp3) is 0.462. The van der Waals surface area contributed by atoms with Gasteiger partial charge in [-0.15, -0.1) is 0 Å². The molecule has 0 spiro atoms. The Kier molecular flexibility index (Phi) is 3.47. The van der Waals surface area contributed by atoms with Crippen molar-refractivity contribution in [2.75, 3.05) is 0 Å². The number of nitrogens with zero attached hydrogens (tertiary/aromatic N) is 1. The summed E-state index contributed by atoms with van der Waals surface area (Å²) in [6.07, 6.45) is 5.78. The Balaban J connectivity index is 2.15. The largest absolute Gasteiger partial charge is 0.334 e. The number of nitriles is 1. The molecule has 1 fully saturated rings. The summed E-state index contributed by atoms with van der Waals surface area (Å²) >= 11 is 0. The molecular formula is C13H15N3O2. The average Bonchev–Trinajstić information content (AvgIpc) is 2.40.